The molecule has 0 aliphatic carbocycles. The van der Waals surface area contributed by atoms with Gasteiger partial charge in [-0.1, -0.05) is 66.7 Å². The molecule has 0 unspecified atom stereocenters. The smallest absolute Gasteiger partial charge is 0.0551 e. The molecule has 2 aromatic heterocycles. The number of nitrogens with one attached hydrogen (secondary N) is 1. The number of hydrogen-bond acceptors (Lipinski definition) is 0. The maximum absolute atomic E-state index is 3.76. The summed E-state index contributed by atoms with van der Waals surface area (Å²) < 4.78 is 2.26. The van der Waals surface area contributed by atoms with E-state index in [0.29, 0.717) is 0 Å². The van der Waals surface area contributed by atoms with E-state index in [1.54, 1.807) is 0 Å². The molecule has 0 bridgehead atoms. The lowest BCUT2D eigenvalue weighted by Crippen LogP contribution is -1.90. The van der Waals surface area contributed by atoms with Crippen molar-refractivity contribution in [2.24, 2.45) is 0 Å². The van der Waals surface area contributed by atoms with Crippen LogP contribution in [0.15, 0.2) is 103 Å². The molecule has 7 aromatic rings. The molecule has 140 valence electrons. The Balaban J connectivity index is 1.67. The van der Waals surface area contributed by atoms with Crippen molar-refractivity contribution in [2.45, 2.75) is 0 Å². The SMILES string of the molecule is c1ccc(-n2ccc3cc4c(cc32)[nH]c2c3ccccc3c3ccccc3c42)cc1. The van der Waals surface area contributed by atoms with E-state index in [9.17, 15) is 0 Å². The molecule has 0 aliphatic heterocycles. The number of benzene rings is 5. The Bertz CT molecular complexity index is 1730. The zero-order chi connectivity index (χ0) is 19.7. The van der Waals surface area contributed by atoms with Gasteiger partial charge in [0, 0.05) is 38.9 Å². The molecule has 0 saturated heterocycles. The van der Waals surface area contributed by atoms with Gasteiger partial charge in [0.2, 0.25) is 0 Å². The summed E-state index contributed by atoms with van der Waals surface area (Å²) in [6, 6.07) is 34.8. The predicted octanol–water partition coefficient (Wildman–Crippen LogP) is 7.57. The second kappa shape index (κ2) is 5.74. The zero-order valence-electron chi connectivity index (χ0n) is 16.3. The summed E-state index contributed by atoms with van der Waals surface area (Å²) in [5.74, 6) is 0. The molecule has 0 atom stereocenters. The molecule has 0 amide bonds. The predicted molar refractivity (Wildman–Crippen MR) is 128 cm³/mol. The standard InChI is InChI=1S/C28H18N2/c1-2-8-19(9-3-1)30-15-14-18-16-24-25(17-26(18)30)29-28-23-13-7-5-11-21(23)20-10-4-6-12-22(20)27(24)28/h1-17,29H. The highest BCUT2D eigenvalue weighted by Gasteiger charge is 2.15. The van der Waals surface area contributed by atoms with Gasteiger partial charge in [0.1, 0.15) is 0 Å². The third-order valence-electron chi connectivity index (χ3n) is 6.33. The largest absolute Gasteiger partial charge is 0.354 e. The lowest BCUT2D eigenvalue weighted by molar-refractivity contribution is 1.13. The Morgan fingerprint density at radius 3 is 2.03 bits per heavy atom. The second-order valence-electron chi connectivity index (χ2n) is 7.94. The summed E-state index contributed by atoms with van der Waals surface area (Å²) in [5, 5.41) is 9.04. The monoisotopic (exact) mass is 382 g/mol. The number of para-hydroxylation sites is 1. The third-order valence-corrected chi connectivity index (χ3v) is 6.33. The van der Waals surface area contributed by atoms with Crippen LogP contribution in [0.25, 0.3) is 59.9 Å². The fourth-order valence-corrected chi connectivity index (χ4v) is 4.99. The number of aromatic nitrogens is 2. The van der Waals surface area contributed by atoms with Crippen molar-refractivity contribution in [1.29, 1.82) is 0 Å². The highest BCUT2D eigenvalue weighted by atomic mass is 15.0. The maximum atomic E-state index is 3.76. The normalized spacial score (nSPS) is 12.0. The van der Waals surface area contributed by atoms with Crippen molar-refractivity contribution >= 4 is 54.3 Å². The molecule has 0 fully saturated rings. The molecular formula is C28H18N2. The fraction of sp³-hybridized carbons (Fsp3) is 0. The molecule has 7 rings (SSSR count). The van der Waals surface area contributed by atoms with Gasteiger partial charge in [-0.25, -0.2) is 0 Å². The van der Waals surface area contributed by atoms with Gasteiger partial charge in [0.05, 0.1) is 11.0 Å². The Kier molecular flexibility index (Phi) is 3.03. The first-order valence-electron chi connectivity index (χ1n) is 10.3. The molecule has 0 spiro atoms. The van der Waals surface area contributed by atoms with Crippen LogP contribution in [0.2, 0.25) is 0 Å². The lowest BCUT2D eigenvalue weighted by atomic mass is 9.96. The first-order valence-corrected chi connectivity index (χ1v) is 10.3. The van der Waals surface area contributed by atoms with Crippen LogP contribution in [-0.2, 0) is 0 Å². The van der Waals surface area contributed by atoms with Crippen LogP contribution in [0.5, 0.6) is 0 Å². The van der Waals surface area contributed by atoms with Gasteiger partial charge in [-0.2, -0.15) is 0 Å². The van der Waals surface area contributed by atoms with E-state index >= 15 is 0 Å². The second-order valence-corrected chi connectivity index (χ2v) is 7.94. The van der Waals surface area contributed by atoms with Crippen LogP contribution in [0.4, 0.5) is 0 Å². The van der Waals surface area contributed by atoms with Gasteiger partial charge in [-0.15, -0.1) is 0 Å². The van der Waals surface area contributed by atoms with Gasteiger partial charge >= 0.3 is 0 Å². The summed E-state index contributed by atoms with van der Waals surface area (Å²) in [5.41, 5.74) is 4.79. The van der Waals surface area contributed by atoms with Gasteiger partial charge in [-0.05, 0) is 46.5 Å². The number of nitrogens with zero attached hydrogens (tertiary/aromatic N) is 1. The Hall–Kier alpha value is -4.04. The topological polar surface area (TPSA) is 20.7 Å². The van der Waals surface area contributed by atoms with E-state index in [-0.39, 0.29) is 0 Å². The quantitative estimate of drug-likeness (QED) is 0.283. The molecule has 2 nitrogen and oxygen atoms in total. The molecule has 5 aromatic carbocycles. The van der Waals surface area contributed by atoms with Crippen molar-refractivity contribution in [3.63, 3.8) is 0 Å². The minimum Gasteiger partial charge on any atom is -0.354 e. The van der Waals surface area contributed by atoms with E-state index in [1.165, 1.54) is 59.9 Å². The van der Waals surface area contributed by atoms with Crippen molar-refractivity contribution < 1.29 is 0 Å². The number of aromatic amines is 1. The molecular weight excluding hydrogens is 364 g/mol. The molecule has 0 aliphatic rings. The third kappa shape index (κ3) is 2.03. The van der Waals surface area contributed by atoms with Crippen LogP contribution in [0, 0.1) is 0 Å². The number of H-pyrrole nitrogens is 1. The van der Waals surface area contributed by atoms with Gasteiger partial charge < -0.3 is 9.55 Å². The van der Waals surface area contributed by atoms with Crippen molar-refractivity contribution in [3.05, 3.63) is 103 Å². The van der Waals surface area contributed by atoms with E-state index in [4.69, 9.17) is 0 Å². The van der Waals surface area contributed by atoms with E-state index in [1.807, 2.05) is 0 Å². The van der Waals surface area contributed by atoms with Crippen molar-refractivity contribution in [3.8, 4) is 5.69 Å². The van der Waals surface area contributed by atoms with E-state index < -0.39 is 0 Å². The number of rotatable bonds is 1. The highest BCUT2D eigenvalue weighted by Crippen LogP contribution is 2.40. The maximum Gasteiger partial charge on any atom is 0.0551 e. The van der Waals surface area contributed by atoms with Crippen LogP contribution in [0.3, 0.4) is 0 Å². The van der Waals surface area contributed by atoms with Crippen LogP contribution in [0.1, 0.15) is 0 Å². The molecule has 2 heterocycles. The fourth-order valence-electron chi connectivity index (χ4n) is 4.99. The Labute approximate surface area is 173 Å². The number of hydrogen-bond donors (Lipinski definition) is 1. The van der Waals surface area contributed by atoms with E-state index in [2.05, 4.69) is 113 Å². The van der Waals surface area contributed by atoms with Crippen LogP contribution >= 0.6 is 0 Å². The molecule has 0 radical (unpaired) electrons. The zero-order valence-corrected chi connectivity index (χ0v) is 16.3. The lowest BCUT2D eigenvalue weighted by Gasteiger charge is -2.07. The average Bonchev–Trinajstić information content (AvgIpc) is 3.39. The van der Waals surface area contributed by atoms with Gasteiger partial charge in [0.25, 0.3) is 0 Å². The summed E-state index contributed by atoms with van der Waals surface area (Å²) >= 11 is 0. The minimum absolute atomic E-state index is 1.18. The van der Waals surface area contributed by atoms with Crippen molar-refractivity contribution in [1.82, 2.24) is 9.55 Å². The van der Waals surface area contributed by atoms with Crippen LogP contribution in [-0.4, -0.2) is 9.55 Å². The molecule has 30 heavy (non-hydrogen) atoms. The highest BCUT2D eigenvalue weighted by molar-refractivity contribution is 6.32. The first-order chi connectivity index (χ1) is 14.9. The summed E-state index contributed by atoms with van der Waals surface area (Å²) in [6.45, 7) is 0. The van der Waals surface area contributed by atoms with Crippen molar-refractivity contribution in [2.75, 3.05) is 0 Å². The van der Waals surface area contributed by atoms with Crippen LogP contribution < -0.4 is 0 Å². The molecule has 1 N–H and O–H groups in total. The van der Waals surface area contributed by atoms with Gasteiger partial charge in [0.15, 0.2) is 0 Å². The Morgan fingerprint density at radius 1 is 0.567 bits per heavy atom. The summed E-state index contributed by atoms with van der Waals surface area (Å²) in [7, 11) is 0. The Morgan fingerprint density at radius 2 is 1.23 bits per heavy atom. The minimum atomic E-state index is 1.18. The molecule has 0 saturated carbocycles. The van der Waals surface area contributed by atoms with Gasteiger partial charge in [-0.3, -0.25) is 0 Å². The summed E-state index contributed by atoms with van der Waals surface area (Å²) in [4.78, 5) is 3.76. The van der Waals surface area contributed by atoms with E-state index in [0.717, 1.165) is 0 Å². The first kappa shape index (κ1) is 15.8. The molecule has 2 heteroatoms. The average molecular weight is 382 g/mol. The number of fused-ring (bicyclic) bond motifs is 9. The summed E-state index contributed by atoms with van der Waals surface area (Å²) in [6.07, 6.45) is 2.16.